The van der Waals surface area contributed by atoms with Crippen LogP contribution in [0.15, 0.2) is 6.20 Å². The molecule has 0 aliphatic heterocycles. The van der Waals surface area contributed by atoms with Gasteiger partial charge in [-0.2, -0.15) is 0 Å². The fraction of sp³-hybridized carbons (Fsp3) is 0.800. The van der Waals surface area contributed by atoms with E-state index in [0.717, 1.165) is 19.5 Å². The van der Waals surface area contributed by atoms with Crippen molar-refractivity contribution < 1.29 is 4.90 Å². The fourth-order valence-electron chi connectivity index (χ4n) is 1.35. The summed E-state index contributed by atoms with van der Waals surface area (Å²) in [6, 6.07) is 0. The van der Waals surface area contributed by atoms with Crippen LogP contribution in [0.1, 0.15) is 19.5 Å². The molecule has 0 bridgehead atoms. The average Bonchev–Trinajstić information content (AvgIpc) is 2.47. The Morgan fingerprint density at radius 2 is 2.14 bits per heavy atom. The minimum Gasteiger partial charge on any atom is -0.339 e. The van der Waals surface area contributed by atoms with Crippen molar-refractivity contribution in [2.24, 2.45) is 5.92 Å². The van der Waals surface area contributed by atoms with E-state index in [1.165, 1.54) is 10.6 Å². The number of likely N-dealkylation sites (N-methyl/N-ethyl adjacent to an activating group) is 1. The topological polar surface area (TPSA) is 35.1 Å². The van der Waals surface area contributed by atoms with Crippen LogP contribution >= 0.6 is 0 Å². The average molecular weight is 197 g/mol. The third-order valence-corrected chi connectivity index (χ3v) is 2.12. The molecule has 0 aliphatic carbocycles. The van der Waals surface area contributed by atoms with Crippen LogP contribution in [-0.4, -0.2) is 35.6 Å². The molecule has 0 atom stereocenters. The lowest BCUT2D eigenvalue weighted by Gasteiger charge is -2.10. The van der Waals surface area contributed by atoms with Gasteiger partial charge in [-0.1, -0.05) is 19.1 Å². The van der Waals surface area contributed by atoms with Crippen molar-refractivity contribution in [2.45, 2.75) is 26.8 Å². The van der Waals surface area contributed by atoms with Crippen LogP contribution < -0.4 is 4.90 Å². The molecule has 0 aliphatic rings. The number of hydrogen-bond acceptors (Lipinski definition) is 2. The van der Waals surface area contributed by atoms with Crippen LogP contribution in [0.2, 0.25) is 0 Å². The normalized spacial score (nSPS) is 11.6. The highest BCUT2D eigenvalue weighted by Gasteiger charge is 2.06. The van der Waals surface area contributed by atoms with E-state index in [0.29, 0.717) is 5.92 Å². The van der Waals surface area contributed by atoms with Crippen molar-refractivity contribution >= 4 is 0 Å². The van der Waals surface area contributed by atoms with E-state index in [2.05, 4.69) is 38.3 Å². The zero-order chi connectivity index (χ0) is 10.6. The maximum absolute atomic E-state index is 4.09. The highest BCUT2D eigenvalue weighted by atomic mass is 15.4. The molecule has 1 aromatic rings. The van der Waals surface area contributed by atoms with Crippen LogP contribution in [-0.2, 0) is 13.0 Å². The first-order valence-electron chi connectivity index (χ1n) is 5.26. The molecule has 1 heterocycles. The lowest BCUT2D eigenvalue weighted by Crippen LogP contribution is -3.06. The van der Waals surface area contributed by atoms with Crippen molar-refractivity contribution in [3.05, 3.63) is 11.9 Å². The Balaban J connectivity index is 2.53. The van der Waals surface area contributed by atoms with Gasteiger partial charge < -0.3 is 4.90 Å². The van der Waals surface area contributed by atoms with Gasteiger partial charge in [-0.05, 0) is 5.92 Å². The molecule has 14 heavy (non-hydrogen) atoms. The van der Waals surface area contributed by atoms with E-state index in [1.807, 2.05) is 10.9 Å². The first kappa shape index (κ1) is 11.2. The van der Waals surface area contributed by atoms with Crippen molar-refractivity contribution in [2.75, 3.05) is 20.6 Å². The molecule has 0 saturated heterocycles. The summed E-state index contributed by atoms with van der Waals surface area (Å²) in [7, 11) is 4.33. The molecule has 0 amide bonds. The molecule has 0 spiro atoms. The molecule has 80 valence electrons. The molecule has 4 heteroatoms. The maximum Gasteiger partial charge on any atom is 0.0823 e. The van der Waals surface area contributed by atoms with Crippen molar-refractivity contribution in [3.63, 3.8) is 0 Å². The first-order chi connectivity index (χ1) is 6.59. The Morgan fingerprint density at radius 3 is 2.71 bits per heavy atom. The number of hydrogen-bond donors (Lipinski definition) is 1. The van der Waals surface area contributed by atoms with Gasteiger partial charge in [0.2, 0.25) is 0 Å². The fourth-order valence-corrected chi connectivity index (χ4v) is 1.35. The molecule has 4 nitrogen and oxygen atoms in total. The van der Waals surface area contributed by atoms with Crippen LogP contribution in [0.3, 0.4) is 0 Å². The Bertz CT molecular complexity index is 265. The zero-order valence-electron chi connectivity index (χ0n) is 9.62. The molecule has 1 N–H and O–H groups in total. The van der Waals surface area contributed by atoms with Gasteiger partial charge in [-0.15, -0.1) is 5.10 Å². The van der Waals surface area contributed by atoms with E-state index < -0.39 is 0 Å². The highest BCUT2D eigenvalue weighted by Crippen LogP contribution is 2.02. The highest BCUT2D eigenvalue weighted by molar-refractivity contribution is 4.93. The summed E-state index contributed by atoms with van der Waals surface area (Å²) in [5.74, 6) is 0.627. The first-order valence-corrected chi connectivity index (χ1v) is 5.26. The number of aromatic nitrogens is 3. The molecule has 0 unspecified atom stereocenters. The minimum atomic E-state index is 0.627. The predicted molar refractivity (Wildman–Crippen MR) is 56.2 cm³/mol. The van der Waals surface area contributed by atoms with Crippen LogP contribution in [0.5, 0.6) is 0 Å². The predicted octanol–water partition coefficient (Wildman–Crippen LogP) is -0.379. The number of nitrogens with zero attached hydrogens (tertiary/aromatic N) is 3. The Kier molecular flexibility index (Phi) is 4.07. The standard InChI is InChI=1S/C10H20N4/c1-9(2)8-14-10(7-11-12-14)5-6-13(3)4/h7,9H,5-6,8H2,1-4H3/p+1. The Morgan fingerprint density at radius 1 is 1.43 bits per heavy atom. The van der Waals surface area contributed by atoms with Gasteiger partial charge >= 0.3 is 0 Å². The van der Waals surface area contributed by atoms with E-state index >= 15 is 0 Å². The van der Waals surface area contributed by atoms with E-state index in [1.54, 1.807) is 0 Å². The molecule has 0 saturated carbocycles. The second-order valence-electron chi connectivity index (χ2n) is 4.51. The van der Waals surface area contributed by atoms with E-state index in [9.17, 15) is 0 Å². The van der Waals surface area contributed by atoms with Gasteiger partial charge in [-0.25, -0.2) is 4.68 Å². The van der Waals surface area contributed by atoms with Crippen LogP contribution in [0.25, 0.3) is 0 Å². The summed E-state index contributed by atoms with van der Waals surface area (Å²) in [5, 5.41) is 8.05. The second-order valence-corrected chi connectivity index (χ2v) is 4.51. The summed E-state index contributed by atoms with van der Waals surface area (Å²) >= 11 is 0. The van der Waals surface area contributed by atoms with Crippen LogP contribution in [0.4, 0.5) is 0 Å². The van der Waals surface area contributed by atoms with Crippen molar-refractivity contribution in [1.29, 1.82) is 0 Å². The molecule has 1 aromatic heterocycles. The summed E-state index contributed by atoms with van der Waals surface area (Å²) in [6.07, 6.45) is 2.94. The van der Waals surface area contributed by atoms with Gasteiger partial charge in [0.15, 0.2) is 0 Å². The number of quaternary nitrogens is 1. The number of rotatable bonds is 5. The zero-order valence-corrected chi connectivity index (χ0v) is 9.62. The summed E-state index contributed by atoms with van der Waals surface area (Å²) < 4.78 is 2.02. The van der Waals surface area contributed by atoms with Gasteiger partial charge in [0.1, 0.15) is 0 Å². The molecule has 1 rings (SSSR count). The molecule has 0 aromatic carbocycles. The summed E-state index contributed by atoms with van der Waals surface area (Å²) in [6.45, 7) is 6.49. The molecular formula is C10H21N4+. The lowest BCUT2D eigenvalue weighted by atomic mass is 10.2. The molecule has 0 radical (unpaired) electrons. The van der Waals surface area contributed by atoms with Gasteiger partial charge in [0, 0.05) is 13.0 Å². The molecule has 0 fully saturated rings. The summed E-state index contributed by atoms with van der Waals surface area (Å²) in [4.78, 5) is 1.46. The minimum absolute atomic E-state index is 0.627. The third-order valence-electron chi connectivity index (χ3n) is 2.12. The Hall–Kier alpha value is -0.900. The van der Waals surface area contributed by atoms with E-state index in [-0.39, 0.29) is 0 Å². The monoisotopic (exact) mass is 197 g/mol. The SMILES string of the molecule is CC(C)Cn1nncc1CC[NH+](C)C. The van der Waals surface area contributed by atoms with Crippen molar-refractivity contribution in [3.8, 4) is 0 Å². The van der Waals surface area contributed by atoms with E-state index in [4.69, 9.17) is 0 Å². The third kappa shape index (κ3) is 3.46. The largest absolute Gasteiger partial charge is 0.339 e. The number of nitrogens with one attached hydrogen (secondary N) is 1. The van der Waals surface area contributed by atoms with Gasteiger partial charge in [-0.3, -0.25) is 0 Å². The van der Waals surface area contributed by atoms with Gasteiger partial charge in [0.05, 0.1) is 32.5 Å². The molecular weight excluding hydrogens is 176 g/mol. The summed E-state index contributed by atoms with van der Waals surface area (Å²) in [5.41, 5.74) is 1.25. The quantitative estimate of drug-likeness (QED) is 0.698. The second kappa shape index (κ2) is 5.10. The van der Waals surface area contributed by atoms with Crippen LogP contribution in [0, 0.1) is 5.92 Å². The lowest BCUT2D eigenvalue weighted by molar-refractivity contribution is -0.858. The van der Waals surface area contributed by atoms with Gasteiger partial charge in [0.25, 0.3) is 0 Å². The smallest absolute Gasteiger partial charge is 0.0823 e. The Labute approximate surface area is 85.9 Å². The maximum atomic E-state index is 4.09. The van der Waals surface area contributed by atoms with Crippen molar-refractivity contribution in [1.82, 2.24) is 15.0 Å².